The lowest BCUT2D eigenvalue weighted by Gasteiger charge is -2.12. The highest BCUT2D eigenvalue weighted by Gasteiger charge is 2.32. The van der Waals surface area contributed by atoms with E-state index in [9.17, 15) is 18.0 Å². The number of carbonyl (C=O) groups is 1. The third-order valence-corrected chi connectivity index (χ3v) is 5.02. The molecule has 0 atom stereocenters. The molecule has 176 valence electrons. The molecule has 0 bridgehead atoms. The number of rotatable bonds is 5. The second-order valence-electron chi connectivity index (χ2n) is 7.61. The summed E-state index contributed by atoms with van der Waals surface area (Å²) < 4.78 is 50.8. The van der Waals surface area contributed by atoms with Crippen molar-refractivity contribution >= 4 is 17.6 Å². The van der Waals surface area contributed by atoms with Crippen LogP contribution in [0.25, 0.3) is 11.1 Å². The summed E-state index contributed by atoms with van der Waals surface area (Å²) in [7, 11) is 0. The molecule has 0 aliphatic carbocycles. The summed E-state index contributed by atoms with van der Waals surface area (Å²) in [5.41, 5.74) is 2.44. The minimum absolute atomic E-state index is 0.00741. The second-order valence-corrected chi connectivity index (χ2v) is 7.61. The number of pyridine rings is 1. The first kappa shape index (κ1) is 23.0. The van der Waals surface area contributed by atoms with Crippen LogP contribution in [-0.4, -0.2) is 21.4 Å². The van der Waals surface area contributed by atoms with Crippen molar-refractivity contribution in [2.24, 2.45) is 0 Å². The molecule has 0 fully saturated rings. The average Bonchev–Trinajstić information content (AvgIpc) is 3.34. The van der Waals surface area contributed by atoms with Gasteiger partial charge in [-0.05, 0) is 49.2 Å². The molecule has 0 saturated carbocycles. The van der Waals surface area contributed by atoms with Gasteiger partial charge in [0.05, 0.1) is 11.3 Å². The summed E-state index contributed by atoms with van der Waals surface area (Å²) in [6, 6.07) is 6.46. The number of anilines is 2. The number of hydrogen-bond acceptors (Lipinski definition) is 6. The number of aromatic nitrogens is 4. The molecule has 0 aliphatic heterocycles. The number of nitrogens with one attached hydrogen (secondary N) is 2. The van der Waals surface area contributed by atoms with Crippen molar-refractivity contribution in [3.8, 4) is 11.1 Å². The number of benzene rings is 1. The van der Waals surface area contributed by atoms with Crippen molar-refractivity contribution in [3.05, 3.63) is 71.0 Å². The Morgan fingerprint density at radius 2 is 1.88 bits per heavy atom. The number of aryl methyl sites for hydroxylation is 3. The minimum Gasteiger partial charge on any atom is -0.361 e. The van der Waals surface area contributed by atoms with Gasteiger partial charge in [-0.1, -0.05) is 17.3 Å². The summed E-state index contributed by atoms with van der Waals surface area (Å²) in [5, 5.41) is 12.5. The first-order valence-corrected chi connectivity index (χ1v) is 10.1. The molecule has 12 heteroatoms. The Labute approximate surface area is 191 Å². The number of alkyl halides is 3. The van der Waals surface area contributed by atoms with Crippen LogP contribution in [0.15, 0.2) is 51.8 Å². The number of hydrogen-bond donors (Lipinski definition) is 2. The van der Waals surface area contributed by atoms with Crippen LogP contribution in [0.1, 0.15) is 28.3 Å². The first-order chi connectivity index (χ1) is 16.1. The average molecular weight is 473 g/mol. The van der Waals surface area contributed by atoms with Gasteiger partial charge in [0.1, 0.15) is 11.5 Å². The van der Waals surface area contributed by atoms with Crippen LogP contribution in [0.5, 0.6) is 0 Å². The van der Waals surface area contributed by atoms with E-state index in [1.807, 2.05) is 26.0 Å². The summed E-state index contributed by atoms with van der Waals surface area (Å²) in [4.78, 5) is 16.6. The van der Waals surface area contributed by atoms with Gasteiger partial charge in [0.2, 0.25) is 11.8 Å². The van der Waals surface area contributed by atoms with Gasteiger partial charge in [0.15, 0.2) is 0 Å². The predicted molar refractivity (Wildman–Crippen MR) is 114 cm³/mol. The van der Waals surface area contributed by atoms with Gasteiger partial charge >= 0.3 is 18.1 Å². The Hall–Kier alpha value is -4.22. The molecular formula is C22H20F3N6O3+. The fourth-order valence-corrected chi connectivity index (χ4v) is 3.41. The van der Waals surface area contributed by atoms with E-state index in [-0.39, 0.29) is 23.7 Å². The van der Waals surface area contributed by atoms with Crippen LogP contribution >= 0.6 is 0 Å². The highest BCUT2D eigenvalue weighted by atomic mass is 19.4. The van der Waals surface area contributed by atoms with Crippen molar-refractivity contribution in [2.45, 2.75) is 33.5 Å². The summed E-state index contributed by atoms with van der Waals surface area (Å²) in [6.45, 7) is 5.29. The molecule has 2 amide bonds. The molecular weight excluding hydrogens is 453 g/mol. The lowest BCUT2D eigenvalue weighted by molar-refractivity contribution is -0.755. The molecule has 0 radical (unpaired) electrons. The number of nitrogens with zero attached hydrogens (tertiary/aromatic N) is 4. The zero-order valence-electron chi connectivity index (χ0n) is 18.4. The molecule has 3 heterocycles. The Morgan fingerprint density at radius 1 is 1.09 bits per heavy atom. The number of carbonyl (C=O) groups excluding carboxylic acids is 1. The zero-order valence-corrected chi connectivity index (χ0v) is 18.4. The van der Waals surface area contributed by atoms with Crippen LogP contribution in [0, 0.1) is 20.8 Å². The third-order valence-electron chi connectivity index (χ3n) is 5.02. The number of urea groups is 1. The fourth-order valence-electron chi connectivity index (χ4n) is 3.41. The molecule has 0 unspecified atom stereocenters. The third kappa shape index (κ3) is 5.05. The largest absolute Gasteiger partial charge is 0.416 e. The minimum atomic E-state index is -4.52. The van der Waals surface area contributed by atoms with Crippen LogP contribution in [0.3, 0.4) is 0 Å². The van der Waals surface area contributed by atoms with E-state index in [1.54, 1.807) is 6.20 Å². The summed E-state index contributed by atoms with van der Waals surface area (Å²) in [5.74, 6) is 0.709. The molecule has 3 aromatic heterocycles. The van der Waals surface area contributed by atoms with Gasteiger partial charge in [0, 0.05) is 23.0 Å². The van der Waals surface area contributed by atoms with Crippen LogP contribution in [0.4, 0.5) is 29.5 Å². The highest BCUT2D eigenvalue weighted by Crippen LogP contribution is 2.33. The van der Waals surface area contributed by atoms with Gasteiger partial charge in [-0.3, -0.25) is 14.8 Å². The Kier molecular flexibility index (Phi) is 6.05. The lowest BCUT2D eigenvalue weighted by Crippen LogP contribution is -2.35. The monoisotopic (exact) mass is 473 g/mol. The van der Waals surface area contributed by atoms with E-state index >= 15 is 0 Å². The summed E-state index contributed by atoms with van der Waals surface area (Å²) >= 11 is 0. The molecule has 0 spiro atoms. The van der Waals surface area contributed by atoms with Gasteiger partial charge in [-0.25, -0.2) is 4.79 Å². The molecule has 4 rings (SSSR count). The predicted octanol–water partition coefficient (Wildman–Crippen LogP) is 4.65. The summed E-state index contributed by atoms with van der Waals surface area (Å²) in [6.07, 6.45) is -1.39. The lowest BCUT2D eigenvalue weighted by atomic mass is 10.1. The van der Waals surface area contributed by atoms with Gasteiger partial charge in [-0.15, -0.1) is 0 Å². The van der Waals surface area contributed by atoms with Crippen molar-refractivity contribution in [3.63, 3.8) is 0 Å². The van der Waals surface area contributed by atoms with Crippen LogP contribution < -0.4 is 15.3 Å². The van der Waals surface area contributed by atoms with Crippen LogP contribution in [0.2, 0.25) is 0 Å². The Bertz CT molecular complexity index is 1310. The van der Waals surface area contributed by atoms with Gasteiger partial charge < -0.3 is 9.84 Å². The SMILES string of the molecule is Cc1ccc(NC(=O)Nc2c[n+](Cc3ccc(-c4c(C)noc4C)cn3)no2)cc1C(F)(F)F. The fraction of sp³-hybridized carbons (Fsp3) is 0.227. The topological polar surface area (TPSA) is 110 Å². The van der Waals surface area contributed by atoms with E-state index in [4.69, 9.17) is 9.05 Å². The molecule has 34 heavy (non-hydrogen) atoms. The maximum Gasteiger partial charge on any atom is 0.416 e. The second kappa shape index (κ2) is 8.96. The van der Waals surface area contributed by atoms with Crippen molar-refractivity contribution in [2.75, 3.05) is 10.6 Å². The highest BCUT2D eigenvalue weighted by molar-refractivity contribution is 5.98. The molecule has 0 aliphatic rings. The van der Waals surface area contributed by atoms with E-state index in [1.165, 1.54) is 29.9 Å². The maximum atomic E-state index is 13.1. The number of halogens is 3. The normalized spacial score (nSPS) is 11.5. The Balaban J connectivity index is 1.38. The van der Waals surface area contributed by atoms with Gasteiger partial charge in [0.25, 0.3) is 6.20 Å². The smallest absolute Gasteiger partial charge is 0.361 e. The standard InChI is InChI=1S/C22H19F3N6O3/c1-12-4-6-16(8-18(12)22(23,24)25)27-21(32)28-19-11-31(30-34-19)10-17-7-5-15(9-26-17)20-13(2)29-33-14(20)3/h4-9,11H,10H2,1-3H3,(H-,27,28,30,32)/p+1. The van der Waals surface area contributed by atoms with Crippen molar-refractivity contribution in [1.29, 1.82) is 0 Å². The van der Waals surface area contributed by atoms with E-state index in [0.29, 0.717) is 11.5 Å². The molecule has 1 aromatic carbocycles. The molecule has 4 aromatic rings. The molecule has 0 saturated heterocycles. The Morgan fingerprint density at radius 3 is 2.53 bits per heavy atom. The van der Waals surface area contributed by atoms with Gasteiger partial charge in [-0.2, -0.15) is 13.2 Å². The number of amides is 2. The molecule has 9 nitrogen and oxygen atoms in total. The zero-order chi connectivity index (χ0) is 24.5. The van der Waals surface area contributed by atoms with E-state index in [0.717, 1.165) is 22.9 Å². The van der Waals surface area contributed by atoms with Crippen molar-refractivity contribution < 1.29 is 31.7 Å². The van der Waals surface area contributed by atoms with Crippen LogP contribution in [-0.2, 0) is 12.7 Å². The van der Waals surface area contributed by atoms with Crippen molar-refractivity contribution in [1.82, 2.24) is 15.4 Å². The van der Waals surface area contributed by atoms with E-state index in [2.05, 4.69) is 26.0 Å². The molecule has 2 N–H and O–H groups in total. The first-order valence-electron chi connectivity index (χ1n) is 10.1. The van der Waals surface area contributed by atoms with E-state index < -0.39 is 17.8 Å². The maximum absolute atomic E-state index is 13.1. The quantitative estimate of drug-likeness (QED) is 0.409.